The molecule has 1 atom stereocenters. The minimum Gasteiger partial charge on any atom is -0.294 e. The first-order chi connectivity index (χ1) is 11.6. The van der Waals surface area contributed by atoms with Crippen molar-refractivity contribution in [3.8, 4) is 16.9 Å². The smallest absolute Gasteiger partial charge is 0.238 e. The van der Waals surface area contributed by atoms with Crippen molar-refractivity contribution in [3.63, 3.8) is 0 Å². The minimum atomic E-state index is -0.592. The number of nitrogens with zero attached hydrogens (tertiary/aromatic N) is 4. The van der Waals surface area contributed by atoms with Crippen LogP contribution < -0.4 is 0 Å². The zero-order chi connectivity index (χ0) is 16.8. The molecule has 4 rings (SSSR count). The number of Topliss-reactive ketones (excluding diaryl/α,β-unsaturated/α-hetero) is 1. The summed E-state index contributed by atoms with van der Waals surface area (Å²) < 4.78 is 15.3. The van der Waals surface area contributed by atoms with E-state index in [0.29, 0.717) is 5.69 Å². The van der Waals surface area contributed by atoms with Crippen LogP contribution in [0.4, 0.5) is 4.39 Å². The molecular weight excluding hydrogens is 307 g/mol. The van der Waals surface area contributed by atoms with E-state index >= 15 is 0 Å². The Morgan fingerprint density at radius 1 is 1.29 bits per heavy atom. The minimum absolute atomic E-state index is 0.0246. The molecule has 6 heteroatoms. The van der Waals surface area contributed by atoms with Crippen molar-refractivity contribution >= 4 is 5.78 Å². The van der Waals surface area contributed by atoms with Crippen molar-refractivity contribution in [2.45, 2.75) is 20.3 Å². The molecule has 0 aliphatic heterocycles. The van der Waals surface area contributed by atoms with Gasteiger partial charge in [0, 0.05) is 23.2 Å². The maximum atomic E-state index is 13.9. The van der Waals surface area contributed by atoms with Gasteiger partial charge in [0.2, 0.25) is 5.95 Å². The second kappa shape index (κ2) is 5.33. The van der Waals surface area contributed by atoms with Gasteiger partial charge < -0.3 is 0 Å². The van der Waals surface area contributed by atoms with Crippen LogP contribution in [0, 0.1) is 18.8 Å². The quantitative estimate of drug-likeness (QED) is 0.680. The van der Waals surface area contributed by atoms with Crippen LogP contribution in [-0.4, -0.2) is 25.8 Å². The number of benzene rings is 1. The first-order valence-electron chi connectivity index (χ1n) is 7.77. The third kappa shape index (κ3) is 2.14. The lowest BCUT2D eigenvalue weighted by molar-refractivity contribution is 0.0946. The number of hydrogen-bond donors (Lipinski definition) is 0. The summed E-state index contributed by atoms with van der Waals surface area (Å²) in [6.07, 6.45) is 2.14. The Kier molecular flexibility index (Phi) is 3.26. The van der Waals surface area contributed by atoms with Gasteiger partial charge in [0.25, 0.3) is 0 Å². The van der Waals surface area contributed by atoms with Crippen LogP contribution in [0.2, 0.25) is 0 Å². The predicted molar refractivity (Wildman–Crippen MR) is 86.5 cm³/mol. The number of fused-ring (bicyclic) bond motifs is 1. The highest BCUT2D eigenvalue weighted by atomic mass is 19.1. The van der Waals surface area contributed by atoms with Crippen LogP contribution in [-0.2, 0) is 6.42 Å². The summed E-state index contributed by atoms with van der Waals surface area (Å²) in [5, 5.41) is 8.27. The summed E-state index contributed by atoms with van der Waals surface area (Å²) in [6.45, 7) is 3.78. The number of halogens is 1. The summed E-state index contributed by atoms with van der Waals surface area (Å²) in [5.41, 5.74) is 4.36. The van der Waals surface area contributed by atoms with Gasteiger partial charge in [-0.2, -0.15) is 4.39 Å². The zero-order valence-electron chi connectivity index (χ0n) is 13.3. The van der Waals surface area contributed by atoms with Crippen molar-refractivity contribution in [1.29, 1.82) is 0 Å². The average molecular weight is 322 g/mol. The number of carbonyl (C=O) groups is 1. The SMILES string of the molecule is Cc1c(-c2ccc3c(c2)CC(C)C3=O)nnn1-c1cccnc1F. The fourth-order valence-electron chi connectivity index (χ4n) is 3.20. The van der Waals surface area contributed by atoms with Crippen molar-refractivity contribution in [2.24, 2.45) is 5.92 Å². The molecule has 120 valence electrons. The lowest BCUT2D eigenvalue weighted by Crippen LogP contribution is -2.03. The third-order valence-electron chi connectivity index (χ3n) is 4.48. The Morgan fingerprint density at radius 2 is 2.12 bits per heavy atom. The number of aromatic nitrogens is 4. The Hall–Kier alpha value is -2.89. The summed E-state index contributed by atoms with van der Waals surface area (Å²) >= 11 is 0. The number of rotatable bonds is 2. The van der Waals surface area contributed by atoms with Crippen LogP contribution in [0.15, 0.2) is 36.5 Å². The van der Waals surface area contributed by atoms with Crippen LogP contribution in [0.25, 0.3) is 16.9 Å². The number of ketones is 1. The van der Waals surface area contributed by atoms with Crippen molar-refractivity contribution in [3.05, 3.63) is 59.3 Å². The van der Waals surface area contributed by atoms with Gasteiger partial charge in [0.1, 0.15) is 11.4 Å². The van der Waals surface area contributed by atoms with Gasteiger partial charge in [0.05, 0.1) is 5.69 Å². The maximum Gasteiger partial charge on any atom is 0.238 e. The lowest BCUT2D eigenvalue weighted by Gasteiger charge is -2.05. The second-order valence-electron chi connectivity index (χ2n) is 6.09. The van der Waals surface area contributed by atoms with E-state index in [0.717, 1.165) is 28.8 Å². The van der Waals surface area contributed by atoms with Gasteiger partial charge in [-0.25, -0.2) is 9.67 Å². The number of carbonyl (C=O) groups excluding carboxylic acids is 1. The van der Waals surface area contributed by atoms with E-state index < -0.39 is 5.95 Å². The second-order valence-corrected chi connectivity index (χ2v) is 6.09. The molecule has 0 spiro atoms. The van der Waals surface area contributed by atoms with Crippen molar-refractivity contribution in [2.75, 3.05) is 0 Å². The first kappa shape index (κ1) is 14.7. The normalized spacial score (nSPS) is 16.5. The van der Waals surface area contributed by atoms with Gasteiger partial charge in [0.15, 0.2) is 5.78 Å². The van der Waals surface area contributed by atoms with E-state index in [2.05, 4.69) is 15.3 Å². The fraction of sp³-hybridized carbons (Fsp3) is 0.222. The van der Waals surface area contributed by atoms with E-state index in [4.69, 9.17) is 0 Å². The molecule has 0 bridgehead atoms. The molecular formula is C18H15FN4O. The molecule has 0 amide bonds. The van der Waals surface area contributed by atoms with Crippen molar-refractivity contribution < 1.29 is 9.18 Å². The molecule has 5 nitrogen and oxygen atoms in total. The highest BCUT2D eigenvalue weighted by Gasteiger charge is 2.27. The summed E-state index contributed by atoms with van der Waals surface area (Å²) in [5.74, 6) is -0.378. The summed E-state index contributed by atoms with van der Waals surface area (Å²) in [6, 6.07) is 8.96. The number of pyridine rings is 1. The predicted octanol–water partition coefficient (Wildman–Crippen LogP) is 3.15. The molecule has 2 aromatic heterocycles. The molecule has 0 radical (unpaired) electrons. The Morgan fingerprint density at radius 3 is 2.92 bits per heavy atom. The molecule has 0 saturated carbocycles. The molecule has 0 fully saturated rings. The van der Waals surface area contributed by atoms with E-state index in [1.165, 1.54) is 10.9 Å². The first-order valence-corrected chi connectivity index (χ1v) is 7.77. The van der Waals surface area contributed by atoms with Gasteiger partial charge in [-0.15, -0.1) is 5.10 Å². The van der Waals surface area contributed by atoms with Gasteiger partial charge in [-0.05, 0) is 37.1 Å². The lowest BCUT2D eigenvalue weighted by atomic mass is 10.0. The maximum absolute atomic E-state index is 13.9. The van der Waals surface area contributed by atoms with Crippen LogP contribution in [0.5, 0.6) is 0 Å². The van der Waals surface area contributed by atoms with E-state index in [9.17, 15) is 9.18 Å². The van der Waals surface area contributed by atoms with Crippen LogP contribution >= 0.6 is 0 Å². The Balaban J connectivity index is 1.79. The molecule has 3 aromatic rings. The van der Waals surface area contributed by atoms with Gasteiger partial charge in [-0.3, -0.25) is 4.79 Å². The molecule has 1 aliphatic rings. The largest absolute Gasteiger partial charge is 0.294 e. The highest BCUT2D eigenvalue weighted by Crippen LogP contribution is 2.31. The van der Waals surface area contributed by atoms with E-state index in [1.807, 2.05) is 32.0 Å². The molecule has 1 aliphatic carbocycles. The van der Waals surface area contributed by atoms with Gasteiger partial charge >= 0.3 is 0 Å². The molecule has 1 unspecified atom stereocenters. The zero-order valence-corrected chi connectivity index (χ0v) is 13.3. The number of hydrogen-bond acceptors (Lipinski definition) is 4. The molecule has 2 heterocycles. The fourth-order valence-corrected chi connectivity index (χ4v) is 3.20. The third-order valence-corrected chi connectivity index (χ3v) is 4.48. The monoisotopic (exact) mass is 322 g/mol. The summed E-state index contributed by atoms with van der Waals surface area (Å²) in [7, 11) is 0. The molecule has 1 aromatic carbocycles. The Labute approximate surface area is 138 Å². The standard InChI is InChI=1S/C18H15FN4O/c1-10-8-13-9-12(5-6-14(13)17(10)24)16-11(2)23(22-21-16)15-4-3-7-20-18(15)19/h3-7,9-10H,8H2,1-2H3. The van der Waals surface area contributed by atoms with E-state index in [-0.39, 0.29) is 17.4 Å². The molecule has 0 saturated heterocycles. The molecule has 0 N–H and O–H groups in total. The van der Waals surface area contributed by atoms with Crippen molar-refractivity contribution in [1.82, 2.24) is 20.0 Å². The van der Waals surface area contributed by atoms with E-state index in [1.54, 1.807) is 12.1 Å². The molecule has 24 heavy (non-hydrogen) atoms. The highest BCUT2D eigenvalue weighted by molar-refractivity contribution is 6.02. The summed E-state index contributed by atoms with van der Waals surface area (Å²) in [4.78, 5) is 15.7. The van der Waals surface area contributed by atoms with Gasteiger partial charge in [-0.1, -0.05) is 24.3 Å². The van der Waals surface area contributed by atoms with Crippen LogP contribution in [0.3, 0.4) is 0 Å². The topological polar surface area (TPSA) is 60.7 Å². The average Bonchev–Trinajstić information content (AvgIpc) is 3.08. The Bertz CT molecular complexity index is 963. The van der Waals surface area contributed by atoms with Crippen LogP contribution in [0.1, 0.15) is 28.5 Å².